The van der Waals surface area contributed by atoms with Crippen molar-refractivity contribution >= 4 is 35.2 Å². The third kappa shape index (κ3) is 3.42. The van der Waals surface area contributed by atoms with Crippen molar-refractivity contribution in [3.05, 3.63) is 58.9 Å². The molecule has 2 aromatic rings. The lowest BCUT2D eigenvalue weighted by atomic mass is 10.0. The van der Waals surface area contributed by atoms with Gasteiger partial charge in [0.05, 0.1) is 11.3 Å². The predicted molar refractivity (Wildman–Crippen MR) is 90.6 cm³/mol. The summed E-state index contributed by atoms with van der Waals surface area (Å²) < 4.78 is 64.3. The van der Waals surface area contributed by atoms with E-state index in [1.807, 2.05) is 0 Å². The van der Waals surface area contributed by atoms with Gasteiger partial charge in [-0.1, -0.05) is 17.7 Å². The second-order valence-electron chi connectivity index (χ2n) is 5.73. The Kier molecular flexibility index (Phi) is 4.84. The van der Waals surface area contributed by atoms with Gasteiger partial charge in [-0.3, -0.25) is 10.2 Å². The number of benzene rings is 2. The van der Waals surface area contributed by atoms with Gasteiger partial charge in [-0.2, -0.15) is 13.2 Å². The molecule has 0 saturated carbocycles. The monoisotopic (exact) mass is 418 g/mol. The molecule has 1 N–H and O–H groups in total. The lowest BCUT2D eigenvalue weighted by molar-refractivity contribution is -0.350. The smallest absolute Gasteiger partial charge is 0.393 e. The zero-order chi connectivity index (χ0) is 20.7. The first kappa shape index (κ1) is 19.7. The Balaban J connectivity index is 2.06. The molecule has 2 aromatic carbocycles. The van der Waals surface area contributed by atoms with Crippen LogP contribution >= 0.6 is 11.6 Å². The van der Waals surface area contributed by atoms with E-state index in [-0.39, 0.29) is 16.4 Å². The third-order valence-electron chi connectivity index (χ3n) is 3.88. The van der Waals surface area contributed by atoms with E-state index < -0.39 is 35.5 Å². The van der Waals surface area contributed by atoms with Gasteiger partial charge in [0.15, 0.2) is 0 Å². The summed E-state index contributed by atoms with van der Waals surface area (Å²) >= 11 is 5.77. The fourth-order valence-electron chi connectivity index (χ4n) is 2.54. The molecule has 0 aromatic heterocycles. The van der Waals surface area contributed by atoms with Crippen molar-refractivity contribution in [1.29, 1.82) is 0 Å². The van der Waals surface area contributed by atoms with Crippen molar-refractivity contribution in [1.82, 2.24) is 0 Å². The number of nitrogens with one attached hydrogen (secondary N) is 1. The lowest BCUT2D eigenvalue weighted by Gasteiger charge is -2.38. The summed E-state index contributed by atoms with van der Waals surface area (Å²) in [6, 6.07) is 7.76. The number of carbonyl (C=O) groups excluding carboxylic acids is 2. The molecular weight excluding hydrogens is 408 g/mol. The third-order valence-corrected chi connectivity index (χ3v) is 4.12. The molecular formula is C17H11ClF4N2O4. The topological polar surface area (TPSA) is 67.9 Å². The van der Waals surface area contributed by atoms with Crippen molar-refractivity contribution in [3.8, 4) is 0 Å². The Hall–Kier alpha value is -3.01. The first-order valence-electron chi connectivity index (χ1n) is 7.62. The van der Waals surface area contributed by atoms with Gasteiger partial charge in [0, 0.05) is 17.8 Å². The molecule has 148 valence electrons. The van der Waals surface area contributed by atoms with Crippen LogP contribution in [0.3, 0.4) is 0 Å². The van der Waals surface area contributed by atoms with E-state index in [9.17, 15) is 27.2 Å². The molecule has 0 bridgehead atoms. The summed E-state index contributed by atoms with van der Waals surface area (Å²) in [6.07, 6.45) is -8.36. The van der Waals surface area contributed by atoms with Gasteiger partial charge in [0.2, 0.25) is 0 Å². The average Bonchev–Trinajstić information content (AvgIpc) is 2.60. The lowest BCUT2D eigenvalue weighted by Crippen LogP contribution is -2.54. The van der Waals surface area contributed by atoms with Crippen LogP contribution in [0.4, 0.5) is 38.5 Å². The maximum absolute atomic E-state index is 14.0. The Bertz CT molecular complexity index is 953. The van der Waals surface area contributed by atoms with E-state index in [0.29, 0.717) is 4.90 Å². The molecule has 11 heteroatoms. The second-order valence-corrected chi connectivity index (χ2v) is 6.16. The molecule has 28 heavy (non-hydrogen) atoms. The number of alkyl halides is 3. The molecule has 1 aliphatic rings. The van der Waals surface area contributed by atoms with Crippen molar-refractivity contribution in [3.63, 3.8) is 0 Å². The van der Waals surface area contributed by atoms with Crippen LogP contribution in [0.25, 0.3) is 0 Å². The van der Waals surface area contributed by atoms with Gasteiger partial charge >= 0.3 is 24.1 Å². The minimum atomic E-state index is -5.34. The summed E-state index contributed by atoms with van der Waals surface area (Å²) in [5.74, 6) is -4.46. The Morgan fingerprint density at radius 3 is 2.61 bits per heavy atom. The highest BCUT2D eigenvalue weighted by molar-refractivity contribution is 6.30. The molecule has 3 rings (SSSR count). The minimum absolute atomic E-state index is 0.0751. The standard InChI is InChI=1S/C17H11ClF4N2O4/c1-24(11-4-2-3-10(19)8-11)15(26)28-16(17(20,21)22)12-7-9(18)5-6-13(12)23-14(25)27-16/h2-8H,1H3,(H,23,25). The van der Waals surface area contributed by atoms with Gasteiger partial charge < -0.3 is 9.47 Å². The number of cyclic esters (lactones) is 1. The summed E-state index contributed by atoms with van der Waals surface area (Å²) in [5.41, 5.74) is -1.08. The predicted octanol–water partition coefficient (Wildman–Crippen LogP) is 5.03. The zero-order valence-corrected chi connectivity index (χ0v) is 14.8. The van der Waals surface area contributed by atoms with Gasteiger partial charge in [-0.15, -0.1) is 0 Å². The number of rotatable bonds is 2. The number of halogens is 5. The highest BCUT2D eigenvalue weighted by Crippen LogP contribution is 2.49. The molecule has 0 radical (unpaired) electrons. The largest absolute Gasteiger partial charge is 0.473 e. The molecule has 0 fully saturated rings. The molecule has 2 amide bonds. The van der Waals surface area contributed by atoms with Gasteiger partial charge in [-0.25, -0.2) is 14.0 Å². The Labute approximate surface area is 160 Å². The summed E-state index contributed by atoms with van der Waals surface area (Å²) in [7, 11) is 1.07. The summed E-state index contributed by atoms with van der Waals surface area (Å²) in [4.78, 5) is 24.8. The molecule has 1 aliphatic heterocycles. The zero-order valence-electron chi connectivity index (χ0n) is 14.0. The van der Waals surface area contributed by atoms with E-state index in [4.69, 9.17) is 11.6 Å². The van der Waals surface area contributed by atoms with Crippen molar-refractivity contribution in [2.45, 2.75) is 12.0 Å². The number of hydrogen-bond acceptors (Lipinski definition) is 4. The van der Waals surface area contributed by atoms with E-state index >= 15 is 0 Å². The number of hydrogen-bond donors (Lipinski definition) is 1. The van der Waals surface area contributed by atoms with Crippen LogP contribution in [-0.2, 0) is 15.3 Å². The molecule has 1 unspecified atom stereocenters. The Morgan fingerprint density at radius 2 is 1.96 bits per heavy atom. The summed E-state index contributed by atoms with van der Waals surface area (Å²) in [5, 5.41) is 1.97. The number of anilines is 2. The van der Waals surface area contributed by atoms with E-state index in [1.54, 1.807) is 0 Å². The van der Waals surface area contributed by atoms with Crippen LogP contribution in [0, 0.1) is 5.82 Å². The molecule has 0 spiro atoms. The molecule has 1 heterocycles. The van der Waals surface area contributed by atoms with Gasteiger partial charge in [0.25, 0.3) is 0 Å². The first-order valence-corrected chi connectivity index (χ1v) is 8.00. The van der Waals surface area contributed by atoms with E-state index in [2.05, 4.69) is 14.8 Å². The molecule has 0 saturated heterocycles. The highest BCUT2D eigenvalue weighted by Gasteiger charge is 2.66. The number of amides is 2. The molecule has 1 atom stereocenters. The normalized spacial score (nSPS) is 18.6. The fourth-order valence-corrected chi connectivity index (χ4v) is 2.72. The van der Waals surface area contributed by atoms with Gasteiger partial charge in [-0.05, 0) is 36.4 Å². The van der Waals surface area contributed by atoms with Crippen molar-refractivity contribution < 1.29 is 36.6 Å². The number of fused-ring (bicyclic) bond motifs is 1. The minimum Gasteiger partial charge on any atom is -0.393 e. The SMILES string of the molecule is CN(C(=O)OC1(C(F)(F)F)OC(=O)Nc2ccc(Cl)cc21)c1cccc(F)c1. The average molecular weight is 419 g/mol. The first-order chi connectivity index (χ1) is 13.0. The van der Waals surface area contributed by atoms with Crippen molar-refractivity contribution in [2.24, 2.45) is 0 Å². The van der Waals surface area contributed by atoms with Gasteiger partial charge in [0.1, 0.15) is 5.82 Å². The van der Waals surface area contributed by atoms with E-state index in [1.165, 1.54) is 18.2 Å². The van der Waals surface area contributed by atoms with Crippen molar-refractivity contribution in [2.75, 3.05) is 17.3 Å². The van der Waals surface area contributed by atoms with Crippen LogP contribution in [0.15, 0.2) is 42.5 Å². The number of carbonyl (C=O) groups is 2. The van der Waals surface area contributed by atoms with E-state index in [0.717, 1.165) is 31.3 Å². The molecule has 0 aliphatic carbocycles. The van der Waals surface area contributed by atoms with Crippen LogP contribution in [0.5, 0.6) is 0 Å². The fraction of sp³-hybridized carbons (Fsp3) is 0.176. The maximum atomic E-state index is 14.0. The number of nitrogens with zero attached hydrogens (tertiary/aromatic N) is 1. The molecule has 6 nitrogen and oxygen atoms in total. The quantitative estimate of drug-likeness (QED) is 0.695. The number of ether oxygens (including phenoxy) is 2. The second kappa shape index (κ2) is 6.86. The van der Waals surface area contributed by atoms with Crippen LogP contribution in [0.2, 0.25) is 5.02 Å². The maximum Gasteiger partial charge on any atom is 0.473 e. The van der Waals surface area contributed by atoms with Crippen LogP contribution in [0.1, 0.15) is 5.56 Å². The highest BCUT2D eigenvalue weighted by atomic mass is 35.5. The Morgan fingerprint density at radius 1 is 1.25 bits per heavy atom. The summed E-state index contributed by atoms with van der Waals surface area (Å²) in [6.45, 7) is 0. The van der Waals surface area contributed by atoms with Crippen LogP contribution in [-0.4, -0.2) is 25.4 Å². The van der Waals surface area contributed by atoms with Crippen LogP contribution < -0.4 is 10.2 Å².